The second kappa shape index (κ2) is 9.31. The molecule has 0 unspecified atom stereocenters. The molecule has 1 aliphatic heterocycles. The van der Waals surface area contributed by atoms with Gasteiger partial charge in [-0.25, -0.2) is 4.39 Å². The van der Waals surface area contributed by atoms with Gasteiger partial charge in [-0.2, -0.15) is 0 Å². The summed E-state index contributed by atoms with van der Waals surface area (Å²) in [5.74, 6) is -0.0416. The lowest BCUT2D eigenvalue weighted by Crippen LogP contribution is -2.52. The highest BCUT2D eigenvalue weighted by atomic mass is 19.1. The van der Waals surface area contributed by atoms with Crippen LogP contribution in [0.4, 0.5) is 4.39 Å². The summed E-state index contributed by atoms with van der Waals surface area (Å²) in [5, 5.41) is 9.53. The molecule has 3 rings (SSSR count). The predicted octanol–water partition coefficient (Wildman–Crippen LogP) is 3.21. The van der Waals surface area contributed by atoms with Gasteiger partial charge < -0.3 is 9.84 Å². The fraction of sp³-hybridized carbons (Fsp3) is 0.455. The van der Waals surface area contributed by atoms with E-state index in [1.165, 1.54) is 24.3 Å². The molecule has 27 heavy (non-hydrogen) atoms. The second-order valence-electron chi connectivity index (χ2n) is 7.27. The van der Waals surface area contributed by atoms with Crippen LogP contribution >= 0.6 is 0 Å². The smallest absolute Gasteiger partial charge is 0.165 e. The van der Waals surface area contributed by atoms with Gasteiger partial charge in [0.2, 0.25) is 0 Å². The van der Waals surface area contributed by atoms with Gasteiger partial charge in [-0.05, 0) is 42.2 Å². The molecule has 5 heteroatoms. The number of methoxy groups -OCH3 is 1. The van der Waals surface area contributed by atoms with Crippen LogP contribution in [-0.2, 0) is 13.1 Å². The number of nitrogens with zero attached hydrogens (tertiary/aromatic N) is 2. The van der Waals surface area contributed by atoms with Crippen LogP contribution in [0.3, 0.4) is 0 Å². The molecule has 0 aromatic heterocycles. The van der Waals surface area contributed by atoms with Crippen molar-refractivity contribution in [1.82, 2.24) is 9.80 Å². The molecule has 1 fully saturated rings. The quantitative estimate of drug-likeness (QED) is 0.810. The Morgan fingerprint density at radius 1 is 1.15 bits per heavy atom. The number of rotatable bonds is 7. The summed E-state index contributed by atoms with van der Waals surface area (Å²) in [6, 6.07) is 13.9. The third-order valence-electron chi connectivity index (χ3n) is 5.41. The number of halogens is 1. The average molecular weight is 372 g/mol. The van der Waals surface area contributed by atoms with Crippen molar-refractivity contribution in [2.75, 3.05) is 33.4 Å². The van der Waals surface area contributed by atoms with Gasteiger partial charge in [0.15, 0.2) is 11.6 Å². The van der Waals surface area contributed by atoms with Crippen LogP contribution in [-0.4, -0.2) is 54.3 Å². The normalized spacial score (nSPS) is 18.6. The minimum atomic E-state index is -0.331. The molecule has 0 bridgehead atoms. The van der Waals surface area contributed by atoms with E-state index in [1.54, 1.807) is 6.07 Å². The van der Waals surface area contributed by atoms with Crippen LogP contribution in [0.1, 0.15) is 23.1 Å². The van der Waals surface area contributed by atoms with Gasteiger partial charge in [-0.3, -0.25) is 9.80 Å². The molecule has 0 aliphatic carbocycles. The van der Waals surface area contributed by atoms with E-state index < -0.39 is 0 Å². The van der Waals surface area contributed by atoms with Crippen molar-refractivity contribution in [3.8, 4) is 5.75 Å². The Bertz CT molecular complexity index is 753. The second-order valence-corrected chi connectivity index (χ2v) is 7.27. The molecular formula is C22H29FN2O2. The van der Waals surface area contributed by atoms with E-state index in [9.17, 15) is 9.50 Å². The lowest BCUT2D eigenvalue weighted by molar-refractivity contribution is 0.0498. The molecule has 0 radical (unpaired) electrons. The van der Waals surface area contributed by atoms with Crippen molar-refractivity contribution < 1.29 is 14.2 Å². The van der Waals surface area contributed by atoms with Crippen LogP contribution in [0.5, 0.6) is 5.75 Å². The van der Waals surface area contributed by atoms with Crippen molar-refractivity contribution >= 4 is 0 Å². The number of aliphatic hydroxyl groups excluding tert-OH is 1. The lowest BCUT2D eigenvalue weighted by Gasteiger charge is -2.41. The molecule has 2 aromatic rings. The Morgan fingerprint density at radius 2 is 1.96 bits per heavy atom. The van der Waals surface area contributed by atoms with Gasteiger partial charge in [0, 0.05) is 45.4 Å². The van der Waals surface area contributed by atoms with Crippen LogP contribution in [0.15, 0.2) is 42.5 Å². The number of benzene rings is 2. The van der Waals surface area contributed by atoms with Gasteiger partial charge in [-0.15, -0.1) is 0 Å². The first-order chi connectivity index (χ1) is 13.1. The molecule has 0 amide bonds. The van der Waals surface area contributed by atoms with Crippen LogP contribution in [0.25, 0.3) is 0 Å². The Kier molecular flexibility index (Phi) is 6.83. The van der Waals surface area contributed by atoms with Crippen LogP contribution in [0.2, 0.25) is 0 Å². The standard InChI is InChI=1S/C22H29FN2O2/c1-17-5-3-4-6-19(17)15-25-11-10-24(16-20(25)9-12-26)14-18-7-8-21(23)22(13-18)27-2/h3-8,13,20,26H,9-12,14-16H2,1-2H3/t20-/m0/s1. The number of aliphatic hydroxyl groups is 1. The maximum atomic E-state index is 13.6. The van der Waals surface area contributed by atoms with Crippen molar-refractivity contribution in [3.63, 3.8) is 0 Å². The first-order valence-electron chi connectivity index (χ1n) is 9.55. The van der Waals surface area contributed by atoms with Crippen LogP contribution < -0.4 is 4.74 Å². The summed E-state index contributed by atoms with van der Waals surface area (Å²) in [4.78, 5) is 4.85. The van der Waals surface area contributed by atoms with E-state index in [0.717, 1.165) is 44.7 Å². The molecule has 1 atom stereocenters. The summed E-state index contributed by atoms with van der Waals surface area (Å²) in [6.07, 6.45) is 0.759. The monoisotopic (exact) mass is 372 g/mol. The van der Waals surface area contributed by atoms with Crippen molar-refractivity contribution in [2.45, 2.75) is 32.5 Å². The fourth-order valence-electron chi connectivity index (χ4n) is 3.80. The maximum Gasteiger partial charge on any atom is 0.165 e. The zero-order chi connectivity index (χ0) is 19.2. The Morgan fingerprint density at radius 3 is 2.70 bits per heavy atom. The average Bonchev–Trinajstić information content (AvgIpc) is 2.67. The maximum absolute atomic E-state index is 13.6. The van der Waals surface area contributed by atoms with E-state index in [0.29, 0.717) is 6.04 Å². The Balaban J connectivity index is 1.66. The van der Waals surface area contributed by atoms with Gasteiger partial charge >= 0.3 is 0 Å². The van der Waals surface area contributed by atoms with E-state index in [-0.39, 0.29) is 18.2 Å². The van der Waals surface area contributed by atoms with Gasteiger partial charge in [0.1, 0.15) is 0 Å². The highest BCUT2D eigenvalue weighted by Crippen LogP contribution is 2.22. The minimum absolute atomic E-state index is 0.188. The zero-order valence-corrected chi connectivity index (χ0v) is 16.2. The van der Waals surface area contributed by atoms with Crippen molar-refractivity contribution in [1.29, 1.82) is 0 Å². The zero-order valence-electron chi connectivity index (χ0n) is 16.2. The topological polar surface area (TPSA) is 35.9 Å². The summed E-state index contributed by atoms with van der Waals surface area (Å²) in [5.41, 5.74) is 3.70. The first kappa shape index (κ1) is 19.8. The molecular weight excluding hydrogens is 343 g/mol. The third-order valence-corrected chi connectivity index (χ3v) is 5.41. The summed E-state index contributed by atoms with van der Waals surface area (Å²) >= 11 is 0. The first-order valence-corrected chi connectivity index (χ1v) is 9.55. The molecule has 1 N–H and O–H groups in total. The van der Waals surface area contributed by atoms with E-state index in [2.05, 4.69) is 41.0 Å². The predicted molar refractivity (Wildman–Crippen MR) is 105 cm³/mol. The molecule has 146 valence electrons. The molecule has 0 saturated carbocycles. The van der Waals surface area contributed by atoms with E-state index >= 15 is 0 Å². The Labute approximate surface area is 161 Å². The molecule has 4 nitrogen and oxygen atoms in total. The lowest BCUT2D eigenvalue weighted by atomic mass is 10.0. The molecule has 1 heterocycles. The van der Waals surface area contributed by atoms with E-state index in [4.69, 9.17) is 4.74 Å². The van der Waals surface area contributed by atoms with Gasteiger partial charge in [0.25, 0.3) is 0 Å². The van der Waals surface area contributed by atoms with Gasteiger partial charge in [0.05, 0.1) is 7.11 Å². The summed E-state index contributed by atoms with van der Waals surface area (Å²) in [7, 11) is 1.49. The number of piperazine rings is 1. The minimum Gasteiger partial charge on any atom is -0.494 e. The van der Waals surface area contributed by atoms with Crippen molar-refractivity contribution in [2.24, 2.45) is 0 Å². The number of aryl methyl sites for hydroxylation is 1. The molecule has 0 spiro atoms. The number of hydrogen-bond acceptors (Lipinski definition) is 4. The number of hydrogen-bond donors (Lipinski definition) is 1. The van der Waals surface area contributed by atoms with E-state index in [1.807, 2.05) is 6.07 Å². The SMILES string of the molecule is COc1cc(CN2CCN(Cc3ccccc3C)[C@@H](CCO)C2)ccc1F. The van der Waals surface area contributed by atoms with Crippen LogP contribution in [0, 0.1) is 12.7 Å². The summed E-state index contributed by atoms with van der Waals surface area (Å²) in [6.45, 7) is 6.81. The molecule has 2 aromatic carbocycles. The van der Waals surface area contributed by atoms with Crippen molar-refractivity contribution in [3.05, 3.63) is 65.0 Å². The largest absolute Gasteiger partial charge is 0.494 e. The highest BCUT2D eigenvalue weighted by Gasteiger charge is 2.27. The molecule has 1 saturated heterocycles. The number of ether oxygens (including phenoxy) is 1. The highest BCUT2D eigenvalue weighted by molar-refractivity contribution is 5.30. The summed E-state index contributed by atoms with van der Waals surface area (Å²) < 4.78 is 18.7. The third kappa shape index (κ3) is 5.06. The Hall–Kier alpha value is -1.95. The molecule has 1 aliphatic rings. The fourth-order valence-corrected chi connectivity index (χ4v) is 3.80. The van der Waals surface area contributed by atoms with Gasteiger partial charge in [-0.1, -0.05) is 30.3 Å².